The number of imidazole rings is 1. The van der Waals surface area contributed by atoms with Crippen molar-refractivity contribution in [1.82, 2.24) is 34.9 Å². The van der Waals surface area contributed by atoms with Crippen molar-refractivity contribution in [3.8, 4) is 22.9 Å². The van der Waals surface area contributed by atoms with Crippen LogP contribution < -0.4 is 4.90 Å². The molecule has 0 amide bonds. The Kier molecular flexibility index (Phi) is 5.63. The Hall–Kier alpha value is -4.94. The van der Waals surface area contributed by atoms with Crippen LogP contribution in [0.3, 0.4) is 0 Å². The number of ether oxygens (including phenoxy) is 1. The molecular formula is C24H18F2N8O3. The Balaban J connectivity index is 1.41. The third-order valence-electron chi connectivity index (χ3n) is 6.04. The Bertz CT molecular complexity index is 1570. The van der Waals surface area contributed by atoms with E-state index in [1.807, 2.05) is 0 Å². The van der Waals surface area contributed by atoms with Gasteiger partial charge in [-0.2, -0.15) is 5.10 Å². The molecule has 1 aliphatic heterocycles. The fourth-order valence-corrected chi connectivity index (χ4v) is 4.32. The molecule has 0 saturated carbocycles. The average molecular weight is 504 g/mol. The third kappa shape index (κ3) is 4.09. The highest BCUT2D eigenvalue weighted by atomic mass is 19.1. The van der Waals surface area contributed by atoms with Gasteiger partial charge in [-0.1, -0.05) is 23.4 Å². The fraction of sp³-hybridized carbons (Fsp3) is 0.167. The number of fused-ring (bicyclic) bond motifs is 1. The molecule has 13 heteroatoms. The quantitative estimate of drug-likeness (QED) is 0.332. The summed E-state index contributed by atoms with van der Waals surface area (Å²) in [5, 5.41) is 8.54. The van der Waals surface area contributed by atoms with E-state index in [9.17, 15) is 13.6 Å². The van der Waals surface area contributed by atoms with Crippen LogP contribution in [-0.2, 0) is 22.5 Å². The normalized spacial score (nSPS) is 15.0. The second-order valence-electron chi connectivity index (χ2n) is 8.21. The third-order valence-corrected chi connectivity index (χ3v) is 6.04. The number of halogens is 2. The van der Waals surface area contributed by atoms with Crippen molar-refractivity contribution in [2.24, 2.45) is 0 Å². The van der Waals surface area contributed by atoms with E-state index in [2.05, 4.69) is 30.2 Å². The summed E-state index contributed by atoms with van der Waals surface area (Å²) in [4.78, 5) is 28.5. The molecule has 0 bridgehead atoms. The zero-order valence-corrected chi connectivity index (χ0v) is 19.1. The van der Waals surface area contributed by atoms with Crippen molar-refractivity contribution in [2.75, 3.05) is 11.4 Å². The van der Waals surface area contributed by atoms with Gasteiger partial charge in [0.25, 0.3) is 6.47 Å². The molecule has 5 aromatic rings. The van der Waals surface area contributed by atoms with Crippen LogP contribution in [0.5, 0.6) is 0 Å². The molecule has 11 nitrogen and oxygen atoms in total. The molecule has 5 heterocycles. The summed E-state index contributed by atoms with van der Waals surface area (Å²) in [5.41, 5.74) is 2.99. The van der Waals surface area contributed by atoms with Crippen molar-refractivity contribution in [2.45, 2.75) is 19.2 Å². The lowest BCUT2D eigenvalue weighted by Crippen LogP contribution is -2.38. The number of hydrogen-bond donors (Lipinski definition) is 1. The maximum atomic E-state index is 15.0. The fourth-order valence-electron chi connectivity index (χ4n) is 4.32. The maximum absolute atomic E-state index is 15.0. The molecule has 0 fully saturated rings. The minimum absolute atomic E-state index is 0.0721. The molecule has 0 saturated heterocycles. The molecule has 1 aliphatic rings. The summed E-state index contributed by atoms with van der Waals surface area (Å²) >= 11 is 0. The van der Waals surface area contributed by atoms with Crippen LogP contribution in [0.15, 0.2) is 59.7 Å². The predicted molar refractivity (Wildman–Crippen MR) is 124 cm³/mol. The highest BCUT2D eigenvalue weighted by Gasteiger charge is 2.34. The van der Waals surface area contributed by atoms with E-state index in [1.54, 1.807) is 35.0 Å². The van der Waals surface area contributed by atoms with Crippen LogP contribution in [0, 0.1) is 11.6 Å². The number of benzene rings is 1. The van der Waals surface area contributed by atoms with E-state index in [-0.39, 0.29) is 30.5 Å². The van der Waals surface area contributed by atoms with Gasteiger partial charge >= 0.3 is 0 Å². The second-order valence-corrected chi connectivity index (χ2v) is 8.21. The molecule has 1 unspecified atom stereocenters. The lowest BCUT2D eigenvalue weighted by molar-refractivity contribution is -0.134. The van der Waals surface area contributed by atoms with Crippen LogP contribution >= 0.6 is 0 Å². The van der Waals surface area contributed by atoms with Crippen LogP contribution in [0.1, 0.15) is 23.2 Å². The largest absolute Gasteiger partial charge is 0.438 e. The molecule has 0 aliphatic carbocycles. The van der Waals surface area contributed by atoms with Crippen molar-refractivity contribution < 1.29 is 22.8 Å². The van der Waals surface area contributed by atoms with Crippen molar-refractivity contribution in [3.63, 3.8) is 0 Å². The number of anilines is 1. The van der Waals surface area contributed by atoms with Crippen LogP contribution in [0.4, 0.5) is 14.6 Å². The number of hydrogen-bond acceptors (Lipinski definition) is 9. The zero-order valence-electron chi connectivity index (χ0n) is 19.1. The Morgan fingerprint density at radius 3 is 2.86 bits per heavy atom. The van der Waals surface area contributed by atoms with Crippen LogP contribution in [0.2, 0.25) is 0 Å². The second kappa shape index (κ2) is 9.26. The summed E-state index contributed by atoms with van der Waals surface area (Å²) in [5.74, 6) is -1.04. The van der Waals surface area contributed by atoms with Gasteiger partial charge in [-0.3, -0.25) is 9.48 Å². The van der Waals surface area contributed by atoms with E-state index in [1.165, 1.54) is 23.6 Å². The van der Waals surface area contributed by atoms with Crippen LogP contribution in [-0.4, -0.2) is 47.9 Å². The standard InChI is InChI=1S/C24H18F2N8O3/c25-15-4-2-1-3-14(15)11-34-20(17-6-8-37-32-17)9-19(31-34)22-27-10-16(26)23(30-22)33-7-5-18-21(29-12-28-18)24(33)36-13-35/h1-4,6,8-10,12-13,24H,5,7,11H2,(H,28,29). The average Bonchev–Trinajstić information content (AvgIpc) is 3.67. The van der Waals surface area contributed by atoms with Gasteiger partial charge in [0.2, 0.25) is 6.23 Å². The molecule has 6 rings (SSSR count). The first-order chi connectivity index (χ1) is 18.1. The van der Waals surface area contributed by atoms with Crippen molar-refractivity contribution >= 4 is 12.3 Å². The van der Waals surface area contributed by atoms with E-state index < -0.39 is 12.0 Å². The topological polar surface area (TPSA) is 128 Å². The number of nitrogens with zero attached hydrogens (tertiary/aromatic N) is 7. The van der Waals surface area contributed by atoms with Gasteiger partial charge in [0.05, 0.1) is 24.8 Å². The number of carbonyl (C=O) groups is 1. The summed E-state index contributed by atoms with van der Waals surface area (Å²) in [6.07, 6.45) is 3.48. The molecule has 4 aromatic heterocycles. The summed E-state index contributed by atoms with van der Waals surface area (Å²) < 4.78 is 41.1. The number of aromatic amines is 1. The number of carbonyl (C=O) groups excluding carboxylic acids is 1. The minimum Gasteiger partial charge on any atom is -0.438 e. The summed E-state index contributed by atoms with van der Waals surface area (Å²) in [7, 11) is 0. The van der Waals surface area contributed by atoms with Gasteiger partial charge in [0.1, 0.15) is 29.2 Å². The summed E-state index contributed by atoms with van der Waals surface area (Å²) in [6.45, 7) is 0.704. The lowest BCUT2D eigenvalue weighted by Gasteiger charge is -2.34. The molecule has 1 atom stereocenters. The summed E-state index contributed by atoms with van der Waals surface area (Å²) in [6, 6.07) is 9.67. The molecule has 1 aromatic carbocycles. The maximum Gasteiger partial charge on any atom is 0.295 e. The molecule has 0 spiro atoms. The Morgan fingerprint density at radius 2 is 2.05 bits per heavy atom. The number of aromatic nitrogens is 7. The molecule has 186 valence electrons. The smallest absolute Gasteiger partial charge is 0.295 e. The lowest BCUT2D eigenvalue weighted by atomic mass is 10.1. The van der Waals surface area contributed by atoms with E-state index >= 15 is 0 Å². The van der Waals surface area contributed by atoms with Gasteiger partial charge in [-0.25, -0.2) is 23.7 Å². The minimum atomic E-state index is -0.964. The predicted octanol–water partition coefficient (Wildman–Crippen LogP) is 3.28. The highest BCUT2D eigenvalue weighted by Crippen LogP contribution is 2.34. The van der Waals surface area contributed by atoms with Gasteiger partial charge in [0.15, 0.2) is 17.5 Å². The Labute approximate surface area is 207 Å². The molecular weight excluding hydrogens is 486 g/mol. The monoisotopic (exact) mass is 504 g/mol. The van der Waals surface area contributed by atoms with Crippen molar-refractivity contribution in [1.29, 1.82) is 0 Å². The first-order valence-electron chi connectivity index (χ1n) is 11.2. The Morgan fingerprint density at radius 1 is 1.16 bits per heavy atom. The van der Waals surface area contributed by atoms with Crippen molar-refractivity contribution in [3.05, 3.63) is 83.8 Å². The first-order valence-corrected chi connectivity index (χ1v) is 11.2. The molecule has 1 N–H and O–H groups in total. The molecule has 0 radical (unpaired) electrons. The SMILES string of the molecule is O=COC1c2nc[nH]c2CCN1c1nc(-c2cc(-c3ccon3)n(Cc3ccccc3F)n2)ncc1F. The van der Waals surface area contributed by atoms with E-state index in [0.717, 1.165) is 11.9 Å². The molecule has 37 heavy (non-hydrogen) atoms. The van der Waals surface area contributed by atoms with Gasteiger partial charge in [0, 0.05) is 30.3 Å². The van der Waals surface area contributed by atoms with Gasteiger partial charge in [-0.05, 0) is 12.1 Å². The van der Waals surface area contributed by atoms with Gasteiger partial charge < -0.3 is 19.1 Å². The van der Waals surface area contributed by atoms with E-state index in [4.69, 9.17) is 9.26 Å². The van der Waals surface area contributed by atoms with E-state index in [0.29, 0.717) is 41.3 Å². The zero-order chi connectivity index (χ0) is 25.4. The highest BCUT2D eigenvalue weighted by molar-refractivity contribution is 5.63. The van der Waals surface area contributed by atoms with Gasteiger partial charge in [-0.15, -0.1) is 0 Å². The van der Waals surface area contributed by atoms with Crippen LogP contribution in [0.25, 0.3) is 22.9 Å². The number of nitrogens with one attached hydrogen (secondary N) is 1. The number of H-pyrrole nitrogens is 1. The first kappa shape index (κ1) is 22.5. The number of rotatable bonds is 7.